The summed E-state index contributed by atoms with van der Waals surface area (Å²) in [5.74, 6) is -2.49. The van der Waals surface area contributed by atoms with Crippen molar-refractivity contribution in [1.29, 1.82) is 0 Å². The first kappa shape index (κ1) is 34.1. The number of thiol groups is 1. The van der Waals surface area contributed by atoms with E-state index in [2.05, 4.69) is 33.2 Å². The molecule has 0 aromatic carbocycles. The van der Waals surface area contributed by atoms with Crippen LogP contribution in [0.3, 0.4) is 0 Å². The van der Waals surface area contributed by atoms with E-state index in [4.69, 9.17) is 0 Å². The minimum Gasteiger partial charge on any atom is -0.515 e. The molecule has 1 amide bonds. The third kappa shape index (κ3) is 7.23. The number of carboxylic acid groups (broad SMARTS) is 2. The van der Waals surface area contributed by atoms with Gasteiger partial charge in [0.25, 0.3) is 0 Å². The van der Waals surface area contributed by atoms with Gasteiger partial charge in [0.1, 0.15) is 6.23 Å². The van der Waals surface area contributed by atoms with Gasteiger partial charge in [0.05, 0.1) is 12.2 Å². The fourth-order valence-corrected chi connectivity index (χ4v) is 7.15. The van der Waals surface area contributed by atoms with Crippen LogP contribution in [0.1, 0.15) is 73.7 Å². The van der Waals surface area contributed by atoms with Gasteiger partial charge in [-0.3, -0.25) is 19.7 Å². The Labute approximate surface area is 267 Å². The van der Waals surface area contributed by atoms with Gasteiger partial charge < -0.3 is 35.7 Å². The Morgan fingerprint density at radius 1 is 0.978 bits per heavy atom. The zero-order chi connectivity index (χ0) is 33.2. The molecule has 6 atom stereocenters. The van der Waals surface area contributed by atoms with Gasteiger partial charge in [-0.1, -0.05) is 20.8 Å². The summed E-state index contributed by atoms with van der Waals surface area (Å²) in [6, 6.07) is -0.167. The summed E-state index contributed by atoms with van der Waals surface area (Å²) >= 11 is 4.67. The fourth-order valence-electron chi connectivity index (χ4n) is 6.69. The van der Waals surface area contributed by atoms with E-state index in [1.807, 2.05) is 46.8 Å². The van der Waals surface area contributed by atoms with E-state index >= 15 is 0 Å². The van der Waals surface area contributed by atoms with Crippen LogP contribution < -0.4 is 21.3 Å². The minimum atomic E-state index is -0.941. The van der Waals surface area contributed by atoms with Crippen molar-refractivity contribution in [2.75, 3.05) is 0 Å². The van der Waals surface area contributed by atoms with Crippen molar-refractivity contribution in [3.05, 3.63) is 61.9 Å². The summed E-state index contributed by atoms with van der Waals surface area (Å²) in [6.07, 6.45) is 6.77. The number of aromatic nitrogens is 2. The van der Waals surface area contributed by atoms with E-state index in [0.717, 1.165) is 33.9 Å². The number of allylic oxidation sites excluding steroid dienone is 1. The third-order valence-electron chi connectivity index (χ3n) is 9.25. The molecule has 0 spiro atoms. The molecule has 12 heteroatoms. The quantitative estimate of drug-likeness (QED) is 0.132. The van der Waals surface area contributed by atoms with E-state index in [1.54, 1.807) is 6.08 Å². The van der Waals surface area contributed by atoms with Gasteiger partial charge in [-0.2, -0.15) is 12.6 Å². The van der Waals surface area contributed by atoms with Crippen molar-refractivity contribution in [3.63, 3.8) is 0 Å². The van der Waals surface area contributed by atoms with Crippen molar-refractivity contribution >= 4 is 48.7 Å². The van der Waals surface area contributed by atoms with Gasteiger partial charge in [0.2, 0.25) is 5.91 Å². The van der Waals surface area contributed by atoms with Crippen LogP contribution in [-0.2, 0) is 27.2 Å². The first-order valence-corrected chi connectivity index (χ1v) is 15.8. The lowest BCUT2D eigenvalue weighted by molar-refractivity contribution is -0.138. The number of carboxylic acids is 2. The average molecular weight is 641 g/mol. The molecule has 2 aromatic heterocycles. The predicted molar refractivity (Wildman–Crippen MR) is 175 cm³/mol. The lowest BCUT2D eigenvalue weighted by Gasteiger charge is -2.22. The third-order valence-corrected chi connectivity index (χ3v) is 9.60. The highest BCUT2D eigenvalue weighted by atomic mass is 32.1. The van der Waals surface area contributed by atoms with Gasteiger partial charge >= 0.3 is 11.9 Å². The molecule has 2 aromatic rings. The number of amides is 1. The fraction of sp³-hybridized carbons (Fsp3) is 0.485. The predicted octanol–water partition coefficient (Wildman–Crippen LogP) is 2.40. The maximum Gasteiger partial charge on any atom is 0.303 e. The largest absolute Gasteiger partial charge is 0.515 e. The average Bonchev–Trinajstić information content (AvgIpc) is 3.63. The molecular formula is C33H44N4O7S. The lowest BCUT2D eigenvalue weighted by atomic mass is 9.88. The van der Waals surface area contributed by atoms with Crippen LogP contribution in [0.4, 0.5) is 0 Å². The molecule has 11 nitrogen and oxygen atoms in total. The highest BCUT2D eigenvalue weighted by molar-refractivity contribution is 7.80. The molecule has 2 aliphatic heterocycles. The number of rotatable bonds is 11. The number of carbonyl (C=O) groups is 3. The highest BCUT2D eigenvalue weighted by Crippen LogP contribution is 2.33. The van der Waals surface area contributed by atoms with Gasteiger partial charge in [-0.15, -0.1) is 0 Å². The summed E-state index contributed by atoms with van der Waals surface area (Å²) in [5.41, 5.74) is 5.54. The van der Waals surface area contributed by atoms with Crippen LogP contribution in [0.5, 0.6) is 0 Å². The monoisotopic (exact) mass is 640 g/mol. The van der Waals surface area contributed by atoms with Gasteiger partial charge in [0, 0.05) is 63.4 Å². The number of aliphatic carboxylic acids is 2. The topological polar surface area (TPSA) is 188 Å². The van der Waals surface area contributed by atoms with E-state index in [-0.39, 0.29) is 54.7 Å². The smallest absolute Gasteiger partial charge is 0.303 e. The molecule has 4 rings (SSSR count). The standard InChI is InChI=1S/C33H44N4O7S/c1-6-19-22(14-38)27(36-33(19)44)11-23-15(2)20(7-9-29(39)40)25(34-23)13-26-21(8-10-30(41)42)16(3)24(35-26)12-28-31(18(5)45)17(4)32(43)37-28/h11-14,17-19,28,31-32,34-35,37-38,43,45H,6-10H2,1-5H3,(H,36,44)(H,39,40)(H,41,42)/b22-14-,24-12+,26-13-,27-11-/t17-,18-,19?,28?,31+,32?/m1/s1. The number of hydrogen-bond donors (Lipinski definition) is 9. The molecular weight excluding hydrogens is 596 g/mol. The summed E-state index contributed by atoms with van der Waals surface area (Å²) < 4.78 is 0. The number of nitrogens with one attached hydrogen (secondary N) is 4. The second-order valence-corrected chi connectivity index (χ2v) is 12.9. The van der Waals surface area contributed by atoms with Crippen molar-refractivity contribution in [1.82, 2.24) is 20.6 Å². The number of H-pyrrole nitrogens is 2. The molecule has 0 bridgehead atoms. The number of aliphatic hydroxyl groups is 2. The van der Waals surface area contributed by atoms with Crippen LogP contribution in [0.2, 0.25) is 0 Å². The summed E-state index contributed by atoms with van der Waals surface area (Å²) in [7, 11) is 0. The first-order chi connectivity index (χ1) is 21.3. The summed E-state index contributed by atoms with van der Waals surface area (Å²) in [4.78, 5) is 42.5. The van der Waals surface area contributed by atoms with Crippen molar-refractivity contribution in [3.8, 4) is 0 Å². The minimum absolute atomic E-state index is 0.0170. The number of aliphatic hydroxyl groups excluding tert-OH is 2. The molecule has 244 valence electrons. The number of hydrogen-bond acceptors (Lipinski definition) is 7. The number of aromatic amines is 2. The molecule has 4 heterocycles. The molecule has 2 saturated heterocycles. The molecule has 2 fully saturated rings. The summed E-state index contributed by atoms with van der Waals surface area (Å²) in [5, 5.41) is 46.9. The van der Waals surface area contributed by atoms with Crippen LogP contribution in [0.15, 0.2) is 17.5 Å². The van der Waals surface area contributed by atoms with Crippen molar-refractivity contribution < 1.29 is 34.8 Å². The van der Waals surface area contributed by atoms with Crippen LogP contribution in [0.25, 0.3) is 18.2 Å². The van der Waals surface area contributed by atoms with E-state index in [9.17, 15) is 34.8 Å². The van der Waals surface area contributed by atoms with Crippen molar-refractivity contribution in [2.45, 2.75) is 84.2 Å². The SMILES string of the molecule is CCC1C(=O)NC(=C\c2[nH]c(/C=c3\[nH]/c(=C/C4NC(O)[C@H](C)[C@H]4[C@@H](C)S)c(C)c3CCC(=O)O)c(CCC(=O)O)c2C)/C1=C\O. The maximum atomic E-state index is 12.5. The highest BCUT2D eigenvalue weighted by Gasteiger charge is 2.40. The van der Waals surface area contributed by atoms with Gasteiger partial charge in [0.15, 0.2) is 0 Å². The molecule has 45 heavy (non-hydrogen) atoms. The number of carbonyl (C=O) groups excluding carboxylic acids is 1. The molecule has 0 radical (unpaired) electrons. The Balaban J connectivity index is 1.88. The first-order valence-electron chi connectivity index (χ1n) is 15.3. The Morgan fingerprint density at radius 2 is 1.62 bits per heavy atom. The summed E-state index contributed by atoms with van der Waals surface area (Å²) in [6.45, 7) is 9.66. The van der Waals surface area contributed by atoms with E-state index in [1.165, 1.54) is 0 Å². The van der Waals surface area contributed by atoms with Crippen LogP contribution >= 0.6 is 12.6 Å². The normalized spacial score (nSPS) is 26.7. The Bertz CT molecular complexity index is 1650. The van der Waals surface area contributed by atoms with Crippen LogP contribution in [-0.4, -0.2) is 65.8 Å². The molecule has 0 aliphatic carbocycles. The Kier molecular flexibility index (Phi) is 10.7. The maximum absolute atomic E-state index is 12.5. The Hall–Kier alpha value is -3.74. The lowest BCUT2D eigenvalue weighted by Crippen LogP contribution is -2.33. The second-order valence-electron chi connectivity index (χ2n) is 12.1. The zero-order valence-electron chi connectivity index (χ0n) is 26.3. The molecule has 3 unspecified atom stereocenters. The van der Waals surface area contributed by atoms with Crippen LogP contribution in [0, 0.1) is 31.6 Å². The molecule has 8 N–H and O–H groups in total. The molecule has 0 saturated carbocycles. The van der Waals surface area contributed by atoms with E-state index in [0.29, 0.717) is 34.4 Å². The zero-order valence-corrected chi connectivity index (χ0v) is 27.2. The van der Waals surface area contributed by atoms with E-state index < -0.39 is 24.1 Å². The molecule has 2 aliphatic rings. The Morgan fingerprint density at radius 3 is 2.20 bits per heavy atom. The van der Waals surface area contributed by atoms with Crippen molar-refractivity contribution in [2.24, 2.45) is 17.8 Å². The van der Waals surface area contributed by atoms with Gasteiger partial charge in [-0.25, -0.2) is 0 Å². The second kappa shape index (κ2) is 14.1. The van der Waals surface area contributed by atoms with Gasteiger partial charge in [-0.05, 0) is 79.5 Å².